The number of ether oxygens (including phenoxy) is 1. The third kappa shape index (κ3) is 2.82. The fourth-order valence-electron chi connectivity index (χ4n) is 0.381. The highest BCUT2D eigenvalue weighted by Gasteiger charge is 2.21. The van der Waals surface area contributed by atoms with Crippen LogP contribution in [0.4, 0.5) is 0 Å². The molecule has 0 aliphatic rings. The van der Waals surface area contributed by atoms with Crippen molar-refractivity contribution in [1.29, 1.82) is 0 Å². The summed E-state index contributed by atoms with van der Waals surface area (Å²) in [4.78, 5) is 0. The van der Waals surface area contributed by atoms with E-state index in [1.54, 1.807) is 0 Å². The Balaban J connectivity index is 3.70. The van der Waals surface area contributed by atoms with E-state index in [4.69, 9.17) is 10.5 Å². The Labute approximate surface area is 57.4 Å². The second-order valence-corrected chi connectivity index (χ2v) is 3.07. The highest BCUT2D eigenvalue weighted by atomic mass is 16.5. The summed E-state index contributed by atoms with van der Waals surface area (Å²) in [7, 11) is 0. The van der Waals surface area contributed by atoms with Crippen LogP contribution >= 0.6 is 0 Å². The smallest absolute Gasteiger partial charge is 0.0947 e. The average molecular weight is 131 g/mol. The zero-order valence-corrected chi connectivity index (χ0v) is 6.77. The van der Waals surface area contributed by atoms with Crippen LogP contribution in [-0.4, -0.2) is 12.3 Å². The molecule has 0 fully saturated rings. The van der Waals surface area contributed by atoms with Crippen molar-refractivity contribution in [2.75, 3.05) is 6.73 Å². The minimum Gasteiger partial charge on any atom is -0.360 e. The molecule has 56 valence electrons. The SMILES string of the molecule is CC(C)C(C)(C)OCN. The summed E-state index contributed by atoms with van der Waals surface area (Å²) < 4.78 is 5.27. The predicted molar refractivity (Wildman–Crippen MR) is 39.1 cm³/mol. The highest BCUT2D eigenvalue weighted by molar-refractivity contribution is 4.71. The molecule has 0 aromatic rings. The van der Waals surface area contributed by atoms with Gasteiger partial charge < -0.3 is 10.5 Å². The standard InChI is InChI=1S/C7H17NO/c1-6(2)7(3,4)9-5-8/h6H,5,8H2,1-4H3. The van der Waals surface area contributed by atoms with E-state index < -0.39 is 0 Å². The third-order valence-corrected chi connectivity index (χ3v) is 1.85. The van der Waals surface area contributed by atoms with Gasteiger partial charge in [0.15, 0.2) is 0 Å². The first-order chi connectivity index (χ1) is 4.00. The second kappa shape index (κ2) is 3.18. The van der Waals surface area contributed by atoms with Crippen LogP contribution in [0.1, 0.15) is 27.7 Å². The number of hydrogen-bond donors (Lipinski definition) is 1. The molecule has 0 aromatic carbocycles. The summed E-state index contributed by atoms with van der Waals surface area (Å²) in [6.45, 7) is 8.64. The molecule has 0 aliphatic carbocycles. The molecule has 0 heterocycles. The molecule has 0 saturated heterocycles. The molecule has 2 heteroatoms. The van der Waals surface area contributed by atoms with Gasteiger partial charge in [-0.05, 0) is 19.8 Å². The van der Waals surface area contributed by atoms with Gasteiger partial charge in [-0.25, -0.2) is 0 Å². The van der Waals surface area contributed by atoms with Crippen LogP contribution in [0.25, 0.3) is 0 Å². The van der Waals surface area contributed by atoms with Gasteiger partial charge in [-0.2, -0.15) is 0 Å². The summed E-state index contributed by atoms with van der Waals surface area (Å²) in [6.07, 6.45) is 0. The van der Waals surface area contributed by atoms with Gasteiger partial charge in [-0.3, -0.25) is 0 Å². The van der Waals surface area contributed by atoms with Crippen LogP contribution in [0, 0.1) is 5.92 Å². The summed E-state index contributed by atoms with van der Waals surface area (Å²) >= 11 is 0. The zero-order chi connectivity index (χ0) is 7.49. The molecule has 0 unspecified atom stereocenters. The van der Waals surface area contributed by atoms with Gasteiger partial charge in [0.05, 0.1) is 12.3 Å². The molecule has 0 atom stereocenters. The van der Waals surface area contributed by atoms with Crippen LogP contribution in [0.3, 0.4) is 0 Å². The molecule has 0 saturated carbocycles. The summed E-state index contributed by atoms with van der Waals surface area (Å²) in [6, 6.07) is 0. The van der Waals surface area contributed by atoms with Crippen LogP contribution in [0.15, 0.2) is 0 Å². The first-order valence-electron chi connectivity index (χ1n) is 3.34. The second-order valence-electron chi connectivity index (χ2n) is 3.07. The molecule has 0 bridgehead atoms. The van der Waals surface area contributed by atoms with E-state index in [9.17, 15) is 0 Å². The maximum atomic E-state index is 5.27. The monoisotopic (exact) mass is 131 g/mol. The molecular weight excluding hydrogens is 114 g/mol. The van der Waals surface area contributed by atoms with Crippen molar-refractivity contribution in [3.8, 4) is 0 Å². The Morgan fingerprint density at radius 1 is 1.44 bits per heavy atom. The largest absolute Gasteiger partial charge is 0.360 e. The molecule has 2 N–H and O–H groups in total. The van der Waals surface area contributed by atoms with Gasteiger partial charge >= 0.3 is 0 Å². The number of rotatable bonds is 3. The van der Waals surface area contributed by atoms with E-state index in [1.165, 1.54) is 0 Å². The van der Waals surface area contributed by atoms with Crippen molar-refractivity contribution in [2.24, 2.45) is 11.7 Å². The molecule has 2 nitrogen and oxygen atoms in total. The van der Waals surface area contributed by atoms with Crippen molar-refractivity contribution < 1.29 is 4.74 Å². The van der Waals surface area contributed by atoms with Crippen molar-refractivity contribution in [1.82, 2.24) is 0 Å². The number of hydrogen-bond acceptors (Lipinski definition) is 2. The van der Waals surface area contributed by atoms with Gasteiger partial charge in [0.1, 0.15) is 0 Å². The van der Waals surface area contributed by atoms with Gasteiger partial charge in [-0.1, -0.05) is 13.8 Å². The maximum absolute atomic E-state index is 5.27. The summed E-state index contributed by atoms with van der Waals surface area (Å²) in [5, 5.41) is 0. The minimum absolute atomic E-state index is 0.0747. The molecular formula is C7H17NO. The first-order valence-corrected chi connectivity index (χ1v) is 3.34. The molecule has 0 aliphatic heterocycles. The van der Waals surface area contributed by atoms with Gasteiger partial charge in [0.25, 0.3) is 0 Å². The van der Waals surface area contributed by atoms with Crippen molar-refractivity contribution >= 4 is 0 Å². The molecule has 0 spiro atoms. The quantitative estimate of drug-likeness (QED) is 0.587. The van der Waals surface area contributed by atoms with Crippen LogP contribution in [0.5, 0.6) is 0 Å². The van der Waals surface area contributed by atoms with E-state index in [2.05, 4.69) is 13.8 Å². The van der Waals surface area contributed by atoms with Crippen molar-refractivity contribution in [3.63, 3.8) is 0 Å². The normalized spacial score (nSPS) is 12.7. The Kier molecular flexibility index (Phi) is 3.15. The summed E-state index contributed by atoms with van der Waals surface area (Å²) in [5.41, 5.74) is 5.16. The van der Waals surface area contributed by atoms with Gasteiger partial charge in [0.2, 0.25) is 0 Å². The Morgan fingerprint density at radius 3 is 2.00 bits per heavy atom. The molecule has 0 radical (unpaired) electrons. The van der Waals surface area contributed by atoms with E-state index in [-0.39, 0.29) is 5.60 Å². The average Bonchev–Trinajstić information content (AvgIpc) is 1.65. The third-order valence-electron chi connectivity index (χ3n) is 1.85. The number of nitrogens with two attached hydrogens (primary N) is 1. The highest BCUT2D eigenvalue weighted by Crippen LogP contribution is 2.18. The topological polar surface area (TPSA) is 35.2 Å². The van der Waals surface area contributed by atoms with Crippen molar-refractivity contribution in [2.45, 2.75) is 33.3 Å². The molecule has 9 heavy (non-hydrogen) atoms. The van der Waals surface area contributed by atoms with E-state index in [1.807, 2.05) is 13.8 Å². The van der Waals surface area contributed by atoms with E-state index >= 15 is 0 Å². The molecule has 0 amide bonds. The minimum atomic E-state index is -0.0747. The predicted octanol–water partition coefficient (Wildman–Crippen LogP) is 1.35. The van der Waals surface area contributed by atoms with E-state index in [0.717, 1.165) is 0 Å². The lowest BCUT2D eigenvalue weighted by molar-refractivity contribution is -0.0471. The lowest BCUT2D eigenvalue weighted by Crippen LogP contribution is -2.33. The maximum Gasteiger partial charge on any atom is 0.0947 e. The Morgan fingerprint density at radius 2 is 1.89 bits per heavy atom. The van der Waals surface area contributed by atoms with Gasteiger partial charge in [-0.15, -0.1) is 0 Å². The Hall–Kier alpha value is -0.0800. The van der Waals surface area contributed by atoms with E-state index in [0.29, 0.717) is 12.6 Å². The summed E-state index contributed by atoms with van der Waals surface area (Å²) in [5.74, 6) is 0.515. The zero-order valence-electron chi connectivity index (χ0n) is 6.77. The molecule has 0 aromatic heterocycles. The fourth-order valence-corrected chi connectivity index (χ4v) is 0.381. The van der Waals surface area contributed by atoms with Crippen molar-refractivity contribution in [3.05, 3.63) is 0 Å². The van der Waals surface area contributed by atoms with Crippen LogP contribution in [0.2, 0.25) is 0 Å². The first kappa shape index (κ1) is 8.92. The Bertz CT molecular complexity index is 79.0. The van der Waals surface area contributed by atoms with Gasteiger partial charge in [0, 0.05) is 0 Å². The van der Waals surface area contributed by atoms with Crippen LogP contribution in [-0.2, 0) is 4.74 Å². The fraction of sp³-hybridized carbons (Fsp3) is 1.00. The van der Waals surface area contributed by atoms with Crippen LogP contribution < -0.4 is 5.73 Å². The molecule has 0 rings (SSSR count). The lowest BCUT2D eigenvalue weighted by Gasteiger charge is -2.28. The lowest BCUT2D eigenvalue weighted by atomic mass is 9.95.